The molecule has 5 heteroatoms. The van der Waals surface area contributed by atoms with Crippen LogP contribution in [0.25, 0.3) is 0 Å². The van der Waals surface area contributed by atoms with Gasteiger partial charge in [-0.05, 0) is 38.8 Å². The predicted octanol–water partition coefficient (Wildman–Crippen LogP) is 1.93. The lowest BCUT2D eigenvalue weighted by Crippen LogP contribution is -2.31. The van der Waals surface area contributed by atoms with Crippen molar-refractivity contribution in [1.29, 1.82) is 0 Å². The first-order valence-corrected chi connectivity index (χ1v) is 5.61. The molecule has 0 amide bonds. The van der Waals surface area contributed by atoms with Crippen LogP contribution in [0, 0.1) is 5.82 Å². The van der Waals surface area contributed by atoms with Crippen LogP contribution in [0.2, 0.25) is 0 Å². The molecule has 0 saturated carbocycles. The molecule has 0 spiro atoms. The molecule has 0 aliphatic carbocycles. The summed E-state index contributed by atoms with van der Waals surface area (Å²) in [6, 6.07) is 2.93. The van der Waals surface area contributed by atoms with E-state index < -0.39 is 0 Å². The molecule has 0 aliphatic rings. The molecule has 0 aliphatic heterocycles. The monoisotopic (exact) mass is 241 g/mol. The van der Waals surface area contributed by atoms with E-state index in [9.17, 15) is 4.39 Å². The van der Waals surface area contributed by atoms with Gasteiger partial charge in [0.05, 0.1) is 23.5 Å². The Kier molecular flexibility index (Phi) is 4.99. The van der Waals surface area contributed by atoms with E-state index in [4.69, 9.17) is 10.6 Å². The van der Waals surface area contributed by atoms with Crippen molar-refractivity contribution in [3.05, 3.63) is 29.8 Å². The Balaban J connectivity index is 2.63. The van der Waals surface area contributed by atoms with Gasteiger partial charge in [0.15, 0.2) is 0 Å². The summed E-state index contributed by atoms with van der Waals surface area (Å²) in [4.78, 5) is 4.02. The van der Waals surface area contributed by atoms with E-state index in [0.29, 0.717) is 0 Å². The summed E-state index contributed by atoms with van der Waals surface area (Å²) < 4.78 is 18.1. The normalized spacial score (nSPS) is 13.7. The lowest BCUT2D eigenvalue weighted by molar-refractivity contribution is 0.0116. The third-order valence-electron chi connectivity index (χ3n) is 2.90. The highest BCUT2D eigenvalue weighted by Crippen LogP contribution is 2.22. The minimum Gasteiger partial charge on any atom is -0.379 e. The van der Waals surface area contributed by atoms with E-state index in [-0.39, 0.29) is 17.5 Å². The van der Waals surface area contributed by atoms with Crippen LogP contribution in [-0.4, -0.2) is 17.7 Å². The van der Waals surface area contributed by atoms with Crippen LogP contribution in [0.15, 0.2) is 18.3 Å². The number of hydrogen-bond donors (Lipinski definition) is 2. The number of hydrazine groups is 1. The quantitative estimate of drug-likeness (QED) is 0.590. The largest absolute Gasteiger partial charge is 0.379 e. The van der Waals surface area contributed by atoms with E-state index in [2.05, 4.69) is 10.4 Å². The zero-order valence-corrected chi connectivity index (χ0v) is 10.5. The standard InChI is InChI=1S/C12H20FN3O/c1-12(2,17-3)7-6-11(16-14)10-5-4-9(13)8-15-10/h4-5,8,11,16H,6-7,14H2,1-3H3. The number of nitrogens with zero attached hydrogens (tertiary/aromatic N) is 1. The maximum atomic E-state index is 12.7. The van der Waals surface area contributed by atoms with Gasteiger partial charge in [0.1, 0.15) is 5.82 Å². The molecule has 1 rings (SSSR count). The first-order chi connectivity index (χ1) is 7.98. The van der Waals surface area contributed by atoms with Gasteiger partial charge in [-0.25, -0.2) is 4.39 Å². The molecule has 1 aromatic rings. The highest BCUT2D eigenvalue weighted by Gasteiger charge is 2.20. The topological polar surface area (TPSA) is 60.2 Å². The van der Waals surface area contributed by atoms with Crippen LogP contribution in [-0.2, 0) is 4.74 Å². The molecule has 0 bridgehead atoms. The predicted molar refractivity (Wildman–Crippen MR) is 64.6 cm³/mol. The van der Waals surface area contributed by atoms with Crippen molar-refractivity contribution in [3.63, 3.8) is 0 Å². The summed E-state index contributed by atoms with van der Waals surface area (Å²) in [6.45, 7) is 4.03. The summed E-state index contributed by atoms with van der Waals surface area (Å²) in [5, 5.41) is 0. The van der Waals surface area contributed by atoms with E-state index in [1.807, 2.05) is 13.8 Å². The Hall–Kier alpha value is -1.04. The van der Waals surface area contributed by atoms with Crippen LogP contribution >= 0.6 is 0 Å². The molecule has 0 fully saturated rings. The van der Waals surface area contributed by atoms with Crippen molar-refractivity contribution in [2.75, 3.05) is 7.11 Å². The molecular formula is C12H20FN3O. The number of nitrogens with one attached hydrogen (secondary N) is 1. The average molecular weight is 241 g/mol. The Morgan fingerprint density at radius 2 is 2.24 bits per heavy atom. The Labute approximate surface area is 101 Å². The van der Waals surface area contributed by atoms with Gasteiger partial charge in [0.25, 0.3) is 0 Å². The number of nitrogens with two attached hydrogens (primary N) is 1. The van der Waals surface area contributed by atoms with Gasteiger partial charge < -0.3 is 4.74 Å². The SMILES string of the molecule is COC(C)(C)CCC(NN)c1ccc(F)cn1. The number of rotatable bonds is 6. The highest BCUT2D eigenvalue weighted by atomic mass is 19.1. The van der Waals surface area contributed by atoms with Crippen LogP contribution < -0.4 is 11.3 Å². The molecule has 1 atom stereocenters. The summed E-state index contributed by atoms with van der Waals surface area (Å²) >= 11 is 0. The maximum Gasteiger partial charge on any atom is 0.141 e. The van der Waals surface area contributed by atoms with Crippen LogP contribution in [0.3, 0.4) is 0 Å². The van der Waals surface area contributed by atoms with Gasteiger partial charge >= 0.3 is 0 Å². The Bertz CT molecular complexity index is 340. The second kappa shape index (κ2) is 6.05. The maximum absolute atomic E-state index is 12.7. The molecule has 96 valence electrons. The molecule has 4 nitrogen and oxygen atoms in total. The van der Waals surface area contributed by atoms with Crippen LogP contribution in [0.5, 0.6) is 0 Å². The smallest absolute Gasteiger partial charge is 0.141 e. The molecular weight excluding hydrogens is 221 g/mol. The number of pyridine rings is 1. The molecule has 1 heterocycles. The Morgan fingerprint density at radius 3 is 2.71 bits per heavy atom. The van der Waals surface area contributed by atoms with Gasteiger partial charge in [-0.1, -0.05) is 0 Å². The van der Waals surface area contributed by atoms with Gasteiger partial charge in [-0.2, -0.15) is 0 Å². The first kappa shape index (κ1) is 14.0. The molecule has 0 saturated heterocycles. The van der Waals surface area contributed by atoms with Gasteiger partial charge in [0.2, 0.25) is 0 Å². The van der Waals surface area contributed by atoms with Gasteiger partial charge in [-0.15, -0.1) is 0 Å². The van der Waals surface area contributed by atoms with Crippen LogP contribution in [0.4, 0.5) is 4.39 Å². The van der Waals surface area contributed by atoms with E-state index in [1.165, 1.54) is 12.3 Å². The van der Waals surface area contributed by atoms with Gasteiger partial charge in [0, 0.05) is 7.11 Å². The zero-order valence-electron chi connectivity index (χ0n) is 10.5. The third-order valence-corrected chi connectivity index (χ3v) is 2.90. The third kappa shape index (κ3) is 4.38. The number of hydrogen-bond acceptors (Lipinski definition) is 4. The second-order valence-corrected chi connectivity index (χ2v) is 4.62. The molecule has 0 radical (unpaired) electrons. The number of methoxy groups -OCH3 is 1. The lowest BCUT2D eigenvalue weighted by atomic mass is 9.97. The van der Waals surface area contributed by atoms with E-state index >= 15 is 0 Å². The van der Waals surface area contributed by atoms with Crippen molar-refractivity contribution in [3.8, 4) is 0 Å². The molecule has 17 heavy (non-hydrogen) atoms. The molecule has 1 aromatic heterocycles. The van der Waals surface area contributed by atoms with Gasteiger partial charge in [-0.3, -0.25) is 16.3 Å². The summed E-state index contributed by atoms with van der Waals surface area (Å²) in [5.74, 6) is 5.14. The fraction of sp³-hybridized carbons (Fsp3) is 0.583. The second-order valence-electron chi connectivity index (χ2n) is 4.62. The Morgan fingerprint density at radius 1 is 1.53 bits per heavy atom. The lowest BCUT2D eigenvalue weighted by Gasteiger charge is -2.25. The number of halogens is 1. The molecule has 3 N–H and O–H groups in total. The summed E-state index contributed by atoms with van der Waals surface area (Å²) in [5.41, 5.74) is 3.23. The average Bonchev–Trinajstić information content (AvgIpc) is 2.32. The van der Waals surface area contributed by atoms with E-state index in [0.717, 1.165) is 18.5 Å². The van der Waals surface area contributed by atoms with Crippen molar-refractivity contribution < 1.29 is 9.13 Å². The fourth-order valence-electron chi connectivity index (χ4n) is 1.50. The van der Waals surface area contributed by atoms with Crippen LogP contribution in [0.1, 0.15) is 38.4 Å². The van der Waals surface area contributed by atoms with Crippen molar-refractivity contribution >= 4 is 0 Å². The molecule has 0 aromatic carbocycles. The summed E-state index contributed by atoms with van der Waals surface area (Å²) in [7, 11) is 1.68. The van der Waals surface area contributed by atoms with Crippen molar-refractivity contribution in [1.82, 2.24) is 10.4 Å². The first-order valence-electron chi connectivity index (χ1n) is 5.61. The minimum atomic E-state index is -0.346. The van der Waals surface area contributed by atoms with Crippen molar-refractivity contribution in [2.45, 2.75) is 38.3 Å². The number of aromatic nitrogens is 1. The highest BCUT2D eigenvalue weighted by molar-refractivity contribution is 5.09. The minimum absolute atomic E-state index is 0.0926. The summed E-state index contributed by atoms with van der Waals surface area (Å²) in [6.07, 6.45) is 2.80. The van der Waals surface area contributed by atoms with Crippen molar-refractivity contribution in [2.24, 2.45) is 5.84 Å². The molecule has 1 unspecified atom stereocenters. The zero-order chi connectivity index (χ0) is 12.9. The van der Waals surface area contributed by atoms with E-state index in [1.54, 1.807) is 13.2 Å². The number of ether oxygens (including phenoxy) is 1. The fourth-order valence-corrected chi connectivity index (χ4v) is 1.50.